The number of aryl methyl sites for hydroxylation is 1. The van der Waals surface area contributed by atoms with Gasteiger partial charge in [-0.3, -0.25) is 14.7 Å². The zero-order chi connectivity index (χ0) is 21.6. The van der Waals surface area contributed by atoms with Gasteiger partial charge in [-0.1, -0.05) is 42.5 Å². The maximum atomic E-state index is 13.1. The first kappa shape index (κ1) is 21.2. The Morgan fingerprint density at radius 1 is 1.00 bits per heavy atom. The smallest absolute Gasteiger partial charge is 0.253 e. The number of hydrogen-bond donors (Lipinski definition) is 1. The molecule has 160 valence electrons. The molecule has 0 spiro atoms. The number of rotatable bonds is 6. The Bertz CT molecular complexity index is 1010. The molecule has 0 bridgehead atoms. The van der Waals surface area contributed by atoms with Crippen molar-refractivity contribution < 1.29 is 9.18 Å². The Morgan fingerprint density at radius 3 is 2.42 bits per heavy atom. The van der Waals surface area contributed by atoms with E-state index in [9.17, 15) is 9.18 Å². The van der Waals surface area contributed by atoms with Crippen molar-refractivity contribution >= 4 is 5.91 Å². The molecule has 1 aliphatic rings. The molecule has 1 N–H and O–H groups in total. The topological polar surface area (TPSA) is 45.2 Å². The number of carbonyl (C=O) groups is 1. The molecule has 0 unspecified atom stereocenters. The van der Waals surface area contributed by atoms with Gasteiger partial charge in [-0.25, -0.2) is 4.39 Å². The van der Waals surface area contributed by atoms with E-state index in [2.05, 4.69) is 34.5 Å². The zero-order valence-corrected chi connectivity index (χ0v) is 17.9. The second-order valence-corrected chi connectivity index (χ2v) is 8.23. The highest BCUT2D eigenvalue weighted by molar-refractivity contribution is 5.95. The van der Waals surface area contributed by atoms with Crippen LogP contribution in [0.15, 0.2) is 66.7 Å². The summed E-state index contributed by atoms with van der Waals surface area (Å²) in [7, 11) is 0. The summed E-state index contributed by atoms with van der Waals surface area (Å²) in [6.07, 6.45) is 1.98. The number of nitrogens with one attached hydrogen (secondary N) is 1. The minimum atomic E-state index is -0.279. The third-order valence-corrected chi connectivity index (χ3v) is 5.90. The van der Waals surface area contributed by atoms with E-state index < -0.39 is 0 Å². The first-order valence-corrected chi connectivity index (χ1v) is 10.8. The molecule has 1 aromatic heterocycles. The van der Waals surface area contributed by atoms with E-state index in [1.54, 1.807) is 12.1 Å². The van der Waals surface area contributed by atoms with Crippen LogP contribution in [0.25, 0.3) is 0 Å². The number of halogens is 1. The van der Waals surface area contributed by atoms with Gasteiger partial charge in [-0.15, -0.1) is 0 Å². The Balaban J connectivity index is 1.41. The molecule has 1 fully saturated rings. The highest BCUT2D eigenvalue weighted by Gasteiger charge is 2.26. The lowest BCUT2D eigenvalue weighted by atomic mass is 9.89. The largest absolute Gasteiger partial charge is 0.348 e. The van der Waals surface area contributed by atoms with Crippen LogP contribution in [-0.2, 0) is 13.1 Å². The Kier molecular flexibility index (Phi) is 6.73. The lowest BCUT2D eigenvalue weighted by molar-refractivity contribution is 0.0948. The monoisotopic (exact) mass is 417 g/mol. The van der Waals surface area contributed by atoms with Crippen molar-refractivity contribution in [2.45, 2.75) is 38.8 Å². The first-order valence-electron chi connectivity index (χ1n) is 10.8. The molecular weight excluding hydrogens is 389 g/mol. The third-order valence-electron chi connectivity index (χ3n) is 5.90. The van der Waals surface area contributed by atoms with E-state index in [1.807, 2.05) is 25.1 Å². The first-order chi connectivity index (χ1) is 15.1. The molecule has 2 heterocycles. The lowest BCUT2D eigenvalue weighted by Crippen LogP contribution is -2.34. The van der Waals surface area contributed by atoms with Crippen molar-refractivity contribution in [1.29, 1.82) is 0 Å². The van der Waals surface area contributed by atoms with E-state index in [0.717, 1.165) is 49.4 Å². The molecule has 0 radical (unpaired) electrons. The number of aromatic nitrogens is 1. The summed E-state index contributed by atoms with van der Waals surface area (Å²) < 4.78 is 13.1. The number of benzene rings is 2. The zero-order valence-electron chi connectivity index (χ0n) is 17.9. The molecule has 1 saturated heterocycles. The molecule has 5 heteroatoms. The number of carbonyl (C=O) groups excluding carboxylic acids is 1. The normalized spacial score (nSPS) is 15.0. The number of amides is 1. The van der Waals surface area contributed by atoms with Gasteiger partial charge < -0.3 is 5.32 Å². The molecule has 4 rings (SSSR count). The van der Waals surface area contributed by atoms with Crippen LogP contribution in [0.1, 0.15) is 51.6 Å². The van der Waals surface area contributed by atoms with Crippen LogP contribution in [-0.4, -0.2) is 28.9 Å². The highest BCUT2D eigenvalue weighted by Crippen LogP contribution is 2.30. The molecule has 0 saturated carbocycles. The van der Waals surface area contributed by atoms with Crippen molar-refractivity contribution in [3.63, 3.8) is 0 Å². The van der Waals surface area contributed by atoms with Gasteiger partial charge in [-0.05, 0) is 68.2 Å². The summed E-state index contributed by atoms with van der Waals surface area (Å²) in [5.41, 5.74) is 4.67. The molecular formula is C26H28FN3O. The number of piperidine rings is 1. The van der Waals surface area contributed by atoms with Crippen LogP contribution in [0.5, 0.6) is 0 Å². The van der Waals surface area contributed by atoms with E-state index >= 15 is 0 Å². The van der Waals surface area contributed by atoms with Gasteiger partial charge in [0.1, 0.15) is 5.82 Å². The van der Waals surface area contributed by atoms with Crippen molar-refractivity contribution in [1.82, 2.24) is 15.2 Å². The quantitative estimate of drug-likeness (QED) is 0.624. The number of hydrogen-bond acceptors (Lipinski definition) is 3. The van der Waals surface area contributed by atoms with Crippen LogP contribution in [0.4, 0.5) is 4.39 Å². The average Bonchev–Trinajstić information content (AvgIpc) is 2.80. The maximum absolute atomic E-state index is 13.1. The van der Waals surface area contributed by atoms with Crippen LogP contribution in [0, 0.1) is 12.7 Å². The average molecular weight is 418 g/mol. The van der Waals surface area contributed by atoms with Crippen LogP contribution in [0.3, 0.4) is 0 Å². The van der Waals surface area contributed by atoms with Crippen molar-refractivity contribution in [2.24, 2.45) is 0 Å². The summed E-state index contributed by atoms with van der Waals surface area (Å²) in [5.74, 6) is -0.129. The summed E-state index contributed by atoms with van der Waals surface area (Å²) in [5, 5.41) is 2.96. The minimum absolute atomic E-state index is 0.126. The predicted octanol–water partition coefficient (Wildman–Crippen LogP) is 4.84. The fourth-order valence-electron chi connectivity index (χ4n) is 4.17. The van der Waals surface area contributed by atoms with E-state index in [0.29, 0.717) is 12.1 Å². The predicted molar refractivity (Wildman–Crippen MR) is 120 cm³/mol. The molecule has 1 amide bonds. The van der Waals surface area contributed by atoms with E-state index in [1.165, 1.54) is 17.7 Å². The number of nitrogens with zero attached hydrogens (tertiary/aromatic N) is 2. The Morgan fingerprint density at radius 2 is 1.71 bits per heavy atom. The Labute approximate surface area is 183 Å². The maximum Gasteiger partial charge on any atom is 0.253 e. The fraction of sp³-hybridized carbons (Fsp3) is 0.308. The summed E-state index contributed by atoms with van der Waals surface area (Å²) >= 11 is 0. The van der Waals surface area contributed by atoms with E-state index in [-0.39, 0.29) is 17.6 Å². The fourth-order valence-corrected chi connectivity index (χ4v) is 4.17. The second kappa shape index (κ2) is 9.84. The lowest BCUT2D eigenvalue weighted by Gasteiger charge is -2.32. The molecule has 31 heavy (non-hydrogen) atoms. The van der Waals surface area contributed by atoms with Gasteiger partial charge in [0.15, 0.2) is 0 Å². The van der Waals surface area contributed by atoms with Crippen molar-refractivity contribution in [3.8, 4) is 0 Å². The van der Waals surface area contributed by atoms with E-state index in [4.69, 9.17) is 4.98 Å². The summed E-state index contributed by atoms with van der Waals surface area (Å²) in [6.45, 7) is 5.27. The van der Waals surface area contributed by atoms with Crippen molar-refractivity contribution in [2.75, 3.05) is 13.1 Å². The van der Waals surface area contributed by atoms with Gasteiger partial charge >= 0.3 is 0 Å². The SMILES string of the molecule is Cc1ccc(C(=O)NCc2ccc(F)cc2)c(C2CCN(Cc3ccccc3)CC2)n1. The van der Waals surface area contributed by atoms with Gasteiger partial charge in [0, 0.05) is 24.7 Å². The second-order valence-electron chi connectivity index (χ2n) is 8.23. The molecule has 0 aliphatic carbocycles. The van der Waals surface area contributed by atoms with Gasteiger partial charge in [0.05, 0.1) is 11.3 Å². The highest BCUT2D eigenvalue weighted by atomic mass is 19.1. The third kappa shape index (κ3) is 5.56. The van der Waals surface area contributed by atoms with Crippen LogP contribution in [0.2, 0.25) is 0 Å². The molecule has 4 nitrogen and oxygen atoms in total. The molecule has 1 aliphatic heterocycles. The van der Waals surface area contributed by atoms with Crippen LogP contribution < -0.4 is 5.32 Å². The molecule has 0 atom stereocenters. The number of likely N-dealkylation sites (tertiary alicyclic amines) is 1. The minimum Gasteiger partial charge on any atom is -0.348 e. The van der Waals surface area contributed by atoms with Crippen LogP contribution >= 0.6 is 0 Å². The summed E-state index contributed by atoms with van der Waals surface area (Å²) in [4.78, 5) is 20.2. The summed E-state index contributed by atoms with van der Waals surface area (Å²) in [6, 6.07) is 20.5. The standard InChI is InChI=1S/C26H28FN3O/c1-19-7-12-24(26(31)28-17-20-8-10-23(27)11-9-20)25(29-19)22-13-15-30(16-14-22)18-21-5-3-2-4-6-21/h2-12,22H,13-18H2,1H3,(H,28,31). The Hall–Kier alpha value is -3.05. The van der Waals surface area contributed by atoms with Gasteiger partial charge in [0.25, 0.3) is 5.91 Å². The molecule has 3 aromatic rings. The molecule has 2 aromatic carbocycles. The van der Waals surface area contributed by atoms with Gasteiger partial charge in [0.2, 0.25) is 0 Å². The van der Waals surface area contributed by atoms with Crippen molar-refractivity contribution in [3.05, 3.63) is 101 Å². The van der Waals surface area contributed by atoms with Gasteiger partial charge in [-0.2, -0.15) is 0 Å². The number of pyridine rings is 1.